The standard InChI is InChI=1S/C12H11N3OS/c13-12(17)10-4-2-1-3-9(10)7-15-8-14-6-5-11(15)16/h1-6,8H,7H2,(H2,13,17). The van der Waals surface area contributed by atoms with Gasteiger partial charge in [0.05, 0.1) is 12.9 Å². The van der Waals surface area contributed by atoms with Crippen molar-refractivity contribution in [1.82, 2.24) is 9.55 Å². The van der Waals surface area contributed by atoms with E-state index in [0.29, 0.717) is 11.5 Å². The van der Waals surface area contributed by atoms with Gasteiger partial charge in [-0.15, -0.1) is 0 Å². The molecule has 0 atom stereocenters. The molecule has 0 amide bonds. The molecule has 0 saturated carbocycles. The van der Waals surface area contributed by atoms with Gasteiger partial charge in [-0.05, 0) is 5.56 Å². The number of rotatable bonds is 3. The highest BCUT2D eigenvalue weighted by Crippen LogP contribution is 2.09. The van der Waals surface area contributed by atoms with Gasteiger partial charge in [0, 0.05) is 17.8 Å². The van der Waals surface area contributed by atoms with Gasteiger partial charge in [-0.1, -0.05) is 36.5 Å². The summed E-state index contributed by atoms with van der Waals surface area (Å²) in [5.74, 6) is 0. The van der Waals surface area contributed by atoms with Crippen molar-refractivity contribution in [2.24, 2.45) is 5.73 Å². The van der Waals surface area contributed by atoms with Gasteiger partial charge in [0.2, 0.25) is 0 Å². The molecule has 0 unspecified atom stereocenters. The van der Waals surface area contributed by atoms with Gasteiger partial charge >= 0.3 is 0 Å². The molecule has 4 nitrogen and oxygen atoms in total. The Morgan fingerprint density at radius 3 is 2.82 bits per heavy atom. The summed E-state index contributed by atoms with van der Waals surface area (Å²) in [5, 5.41) is 0. The van der Waals surface area contributed by atoms with Crippen LogP contribution in [0.2, 0.25) is 0 Å². The number of nitrogens with two attached hydrogens (primary N) is 1. The number of hydrogen-bond acceptors (Lipinski definition) is 3. The maximum atomic E-state index is 11.6. The first kappa shape index (κ1) is 11.5. The van der Waals surface area contributed by atoms with E-state index in [-0.39, 0.29) is 5.56 Å². The zero-order valence-corrected chi connectivity index (χ0v) is 9.85. The number of hydrogen-bond donors (Lipinski definition) is 1. The third-order valence-electron chi connectivity index (χ3n) is 2.42. The molecule has 0 aliphatic heterocycles. The van der Waals surface area contributed by atoms with Crippen LogP contribution in [0.5, 0.6) is 0 Å². The zero-order valence-electron chi connectivity index (χ0n) is 9.04. The van der Waals surface area contributed by atoms with Crippen molar-refractivity contribution < 1.29 is 0 Å². The van der Waals surface area contributed by atoms with Gasteiger partial charge in [-0.3, -0.25) is 9.36 Å². The lowest BCUT2D eigenvalue weighted by Crippen LogP contribution is -2.21. The van der Waals surface area contributed by atoms with E-state index < -0.39 is 0 Å². The molecule has 2 N–H and O–H groups in total. The second-order valence-electron chi connectivity index (χ2n) is 3.57. The SMILES string of the molecule is NC(=S)c1ccccc1Cn1cnccc1=O. The Bertz CT molecular complexity index is 606. The Balaban J connectivity index is 2.40. The third-order valence-corrected chi connectivity index (χ3v) is 2.64. The summed E-state index contributed by atoms with van der Waals surface area (Å²) in [6.45, 7) is 0.417. The highest BCUT2D eigenvalue weighted by Gasteiger charge is 2.05. The Labute approximate surface area is 104 Å². The van der Waals surface area contributed by atoms with Gasteiger partial charge in [-0.25, -0.2) is 4.98 Å². The van der Waals surface area contributed by atoms with Crippen LogP contribution in [0.25, 0.3) is 0 Å². The second kappa shape index (κ2) is 4.88. The van der Waals surface area contributed by atoms with E-state index in [1.807, 2.05) is 24.3 Å². The molecular formula is C12H11N3OS. The van der Waals surface area contributed by atoms with Gasteiger partial charge in [0.25, 0.3) is 5.56 Å². The molecule has 2 aromatic rings. The lowest BCUT2D eigenvalue weighted by atomic mass is 10.1. The van der Waals surface area contributed by atoms with Gasteiger partial charge in [-0.2, -0.15) is 0 Å². The average Bonchev–Trinajstić information content (AvgIpc) is 2.32. The second-order valence-corrected chi connectivity index (χ2v) is 4.01. The average molecular weight is 245 g/mol. The number of thiocarbonyl (C=S) groups is 1. The number of benzene rings is 1. The summed E-state index contributed by atoms with van der Waals surface area (Å²) in [6.07, 6.45) is 2.97. The predicted octanol–water partition coefficient (Wildman–Crippen LogP) is 0.926. The van der Waals surface area contributed by atoms with E-state index in [0.717, 1.165) is 11.1 Å². The maximum absolute atomic E-state index is 11.6. The van der Waals surface area contributed by atoms with Crippen LogP contribution in [0.4, 0.5) is 0 Å². The molecule has 0 spiro atoms. The van der Waals surface area contributed by atoms with Gasteiger partial charge in [0.1, 0.15) is 4.99 Å². The van der Waals surface area contributed by atoms with E-state index in [1.165, 1.54) is 23.2 Å². The monoisotopic (exact) mass is 245 g/mol. The van der Waals surface area contributed by atoms with Gasteiger partial charge in [0.15, 0.2) is 0 Å². The quantitative estimate of drug-likeness (QED) is 0.817. The summed E-state index contributed by atoms with van der Waals surface area (Å²) >= 11 is 4.97. The molecule has 1 heterocycles. The highest BCUT2D eigenvalue weighted by atomic mass is 32.1. The molecule has 86 valence electrons. The van der Waals surface area contributed by atoms with Crippen LogP contribution in [-0.4, -0.2) is 14.5 Å². The molecule has 1 aromatic carbocycles. The summed E-state index contributed by atoms with van der Waals surface area (Å²) in [5.41, 5.74) is 7.24. The molecular weight excluding hydrogens is 234 g/mol. The molecule has 0 fully saturated rings. The van der Waals surface area contributed by atoms with E-state index in [4.69, 9.17) is 18.0 Å². The molecule has 1 aromatic heterocycles. The first-order valence-corrected chi connectivity index (χ1v) is 5.47. The van der Waals surface area contributed by atoms with Crippen LogP contribution < -0.4 is 11.3 Å². The zero-order chi connectivity index (χ0) is 12.3. The first-order valence-electron chi connectivity index (χ1n) is 5.06. The molecule has 0 aliphatic rings. The topological polar surface area (TPSA) is 60.9 Å². The minimum absolute atomic E-state index is 0.0993. The Morgan fingerprint density at radius 2 is 2.12 bits per heavy atom. The van der Waals surface area contributed by atoms with Crippen LogP contribution in [0.1, 0.15) is 11.1 Å². The van der Waals surface area contributed by atoms with Crippen LogP contribution in [0, 0.1) is 0 Å². The van der Waals surface area contributed by atoms with E-state index in [9.17, 15) is 4.79 Å². The van der Waals surface area contributed by atoms with Crippen molar-refractivity contribution >= 4 is 17.2 Å². The fourth-order valence-corrected chi connectivity index (χ4v) is 1.78. The molecule has 0 radical (unpaired) electrons. The Morgan fingerprint density at radius 1 is 1.35 bits per heavy atom. The number of nitrogens with zero attached hydrogens (tertiary/aromatic N) is 2. The van der Waals surface area contributed by atoms with Crippen LogP contribution >= 0.6 is 12.2 Å². The van der Waals surface area contributed by atoms with E-state index in [2.05, 4.69) is 4.98 Å². The van der Waals surface area contributed by atoms with Crippen molar-refractivity contribution in [2.45, 2.75) is 6.54 Å². The third kappa shape index (κ3) is 2.57. The fraction of sp³-hybridized carbons (Fsp3) is 0.0833. The molecule has 5 heteroatoms. The minimum Gasteiger partial charge on any atom is -0.389 e. The first-order chi connectivity index (χ1) is 8.18. The van der Waals surface area contributed by atoms with Crippen molar-refractivity contribution in [2.75, 3.05) is 0 Å². The van der Waals surface area contributed by atoms with Crippen molar-refractivity contribution in [3.63, 3.8) is 0 Å². The summed E-state index contributed by atoms with van der Waals surface area (Å²) in [7, 11) is 0. The van der Waals surface area contributed by atoms with Crippen LogP contribution in [0.15, 0.2) is 47.7 Å². The Kier molecular flexibility index (Phi) is 3.30. The van der Waals surface area contributed by atoms with E-state index in [1.54, 1.807) is 0 Å². The lowest BCUT2D eigenvalue weighted by Gasteiger charge is -2.09. The molecule has 2 rings (SSSR count). The lowest BCUT2D eigenvalue weighted by molar-refractivity contribution is 0.735. The molecule has 0 aliphatic carbocycles. The Hall–Kier alpha value is -2.01. The molecule has 0 saturated heterocycles. The highest BCUT2D eigenvalue weighted by molar-refractivity contribution is 7.80. The number of aromatic nitrogens is 2. The van der Waals surface area contributed by atoms with Crippen LogP contribution in [-0.2, 0) is 6.54 Å². The molecule has 0 bridgehead atoms. The summed E-state index contributed by atoms with van der Waals surface area (Å²) < 4.78 is 1.51. The van der Waals surface area contributed by atoms with Crippen molar-refractivity contribution in [1.29, 1.82) is 0 Å². The smallest absolute Gasteiger partial charge is 0.253 e. The summed E-state index contributed by atoms with van der Waals surface area (Å²) in [4.78, 5) is 15.8. The summed E-state index contributed by atoms with van der Waals surface area (Å²) in [6, 6.07) is 8.92. The predicted molar refractivity (Wildman–Crippen MR) is 69.9 cm³/mol. The molecule has 17 heavy (non-hydrogen) atoms. The van der Waals surface area contributed by atoms with E-state index >= 15 is 0 Å². The minimum atomic E-state index is -0.0993. The fourth-order valence-electron chi connectivity index (χ4n) is 1.58. The van der Waals surface area contributed by atoms with Crippen molar-refractivity contribution in [3.8, 4) is 0 Å². The maximum Gasteiger partial charge on any atom is 0.253 e. The van der Waals surface area contributed by atoms with Crippen LogP contribution in [0.3, 0.4) is 0 Å². The largest absolute Gasteiger partial charge is 0.389 e. The normalized spacial score (nSPS) is 10.1. The van der Waals surface area contributed by atoms with Crippen molar-refractivity contribution in [3.05, 3.63) is 64.3 Å². The van der Waals surface area contributed by atoms with Gasteiger partial charge < -0.3 is 5.73 Å².